The molecule has 1 aliphatic carbocycles. The van der Waals surface area contributed by atoms with Crippen LogP contribution in [0.1, 0.15) is 30.7 Å². The van der Waals surface area contributed by atoms with Gasteiger partial charge in [-0.1, -0.05) is 28.1 Å². The van der Waals surface area contributed by atoms with Crippen LogP contribution in [0.15, 0.2) is 28.7 Å². The second kappa shape index (κ2) is 3.07. The number of benzene rings is 1. The molecule has 1 unspecified atom stereocenters. The van der Waals surface area contributed by atoms with Crippen molar-refractivity contribution in [2.45, 2.75) is 30.7 Å². The molecule has 0 amide bonds. The summed E-state index contributed by atoms with van der Waals surface area (Å²) in [5, 5.41) is 3.66. The molecule has 1 saturated heterocycles. The number of halogens is 1. The number of hydrogen-bond donors (Lipinski definition) is 1. The zero-order valence-corrected chi connectivity index (χ0v) is 9.68. The molecule has 0 bridgehead atoms. The lowest BCUT2D eigenvalue weighted by molar-refractivity contribution is 0.535. The second-order valence-electron chi connectivity index (χ2n) is 4.48. The Hall–Kier alpha value is -0.340. The molecule has 2 aliphatic rings. The van der Waals surface area contributed by atoms with Gasteiger partial charge in [0.1, 0.15) is 0 Å². The maximum Gasteiger partial charge on any atom is 0.0251 e. The van der Waals surface area contributed by atoms with Gasteiger partial charge in [0.2, 0.25) is 0 Å². The summed E-state index contributed by atoms with van der Waals surface area (Å²) in [5.74, 6) is 0.760. The van der Waals surface area contributed by atoms with Crippen LogP contribution in [0.25, 0.3) is 0 Å². The SMILES string of the molecule is Brc1ccc(C2CCNC23CC3)cc1. The van der Waals surface area contributed by atoms with Gasteiger partial charge in [0.25, 0.3) is 0 Å². The molecule has 1 aromatic rings. The van der Waals surface area contributed by atoms with Crippen molar-refractivity contribution in [3.8, 4) is 0 Å². The molecule has 1 N–H and O–H groups in total. The van der Waals surface area contributed by atoms with Gasteiger partial charge in [0, 0.05) is 15.9 Å². The van der Waals surface area contributed by atoms with Crippen molar-refractivity contribution in [1.82, 2.24) is 5.32 Å². The van der Waals surface area contributed by atoms with E-state index < -0.39 is 0 Å². The van der Waals surface area contributed by atoms with Gasteiger partial charge >= 0.3 is 0 Å². The summed E-state index contributed by atoms with van der Waals surface area (Å²) in [5.41, 5.74) is 2.00. The average Bonchev–Trinajstić information content (AvgIpc) is 2.82. The van der Waals surface area contributed by atoms with Crippen LogP contribution in [0.2, 0.25) is 0 Å². The van der Waals surface area contributed by atoms with Crippen molar-refractivity contribution in [1.29, 1.82) is 0 Å². The van der Waals surface area contributed by atoms with Gasteiger partial charge in [0.15, 0.2) is 0 Å². The van der Waals surface area contributed by atoms with E-state index in [9.17, 15) is 0 Å². The third kappa shape index (κ3) is 1.32. The van der Waals surface area contributed by atoms with E-state index in [2.05, 4.69) is 45.5 Å². The fraction of sp³-hybridized carbons (Fsp3) is 0.500. The minimum atomic E-state index is 0.494. The van der Waals surface area contributed by atoms with Crippen LogP contribution >= 0.6 is 15.9 Å². The van der Waals surface area contributed by atoms with Crippen LogP contribution in [-0.2, 0) is 0 Å². The second-order valence-corrected chi connectivity index (χ2v) is 5.39. The summed E-state index contributed by atoms with van der Waals surface area (Å²) in [4.78, 5) is 0. The van der Waals surface area contributed by atoms with E-state index in [4.69, 9.17) is 0 Å². The lowest BCUT2D eigenvalue weighted by Crippen LogP contribution is -2.27. The number of hydrogen-bond acceptors (Lipinski definition) is 1. The van der Waals surface area contributed by atoms with Crippen molar-refractivity contribution >= 4 is 15.9 Å². The highest BCUT2D eigenvalue weighted by Gasteiger charge is 2.52. The van der Waals surface area contributed by atoms with Crippen LogP contribution < -0.4 is 5.32 Å². The first-order valence-corrected chi connectivity index (χ1v) is 6.10. The summed E-state index contributed by atoms with van der Waals surface area (Å²) in [6.45, 7) is 1.20. The predicted octanol–water partition coefficient (Wildman–Crippen LogP) is 3.06. The monoisotopic (exact) mass is 251 g/mol. The summed E-state index contributed by atoms with van der Waals surface area (Å²) in [6.07, 6.45) is 4.04. The number of rotatable bonds is 1. The van der Waals surface area contributed by atoms with Gasteiger partial charge in [0.05, 0.1) is 0 Å². The Morgan fingerprint density at radius 2 is 1.93 bits per heavy atom. The van der Waals surface area contributed by atoms with Crippen LogP contribution in [-0.4, -0.2) is 12.1 Å². The molecular weight excluding hydrogens is 238 g/mol. The van der Waals surface area contributed by atoms with E-state index in [0.717, 1.165) is 5.92 Å². The molecule has 1 spiro atoms. The molecule has 2 fully saturated rings. The van der Waals surface area contributed by atoms with Crippen LogP contribution in [0, 0.1) is 0 Å². The molecule has 1 heterocycles. The highest BCUT2D eigenvalue weighted by atomic mass is 79.9. The normalized spacial score (nSPS) is 28.2. The summed E-state index contributed by atoms with van der Waals surface area (Å²) in [6, 6.07) is 8.84. The minimum Gasteiger partial charge on any atom is -0.311 e. The molecule has 0 radical (unpaired) electrons. The first-order valence-electron chi connectivity index (χ1n) is 5.31. The van der Waals surface area contributed by atoms with E-state index >= 15 is 0 Å². The lowest BCUT2D eigenvalue weighted by Gasteiger charge is -2.18. The fourth-order valence-corrected chi connectivity index (χ4v) is 2.97. The van der Waals surface area contributed by atoms with E-state index in [1.54, 1.807) is 0 Å². The zero-order chi connectivity index (χ0) is 9.60. The summed E-state index contributed by atoms with van der Waals surface area (Å²) in [7, 11) is 0. The van der Waals surface area contributed by atoms with E-state index in [0.29, 0.717) is 5.54 Å². The average molecular weight is 252 g/mol. The molecule has 74 valence electrons. The summed E-state index contributed by atoms with van der Waals surface area (Å²) < 4.78 is 1.18. The Morgan fingerprint density at radius 3 is 2.57 bits per heavy atom. The maximum absolute atomic E-state index is 3.66. The smallest absolute Gasteiger partial charge is 0.0251 e. The van der Waals surface area contributed by atoms with E-state index in [1.807, 2.05) is 0 Å². The lowest BCUT2D eigenvalue weighted by atomic mass is 9.90. The standard InChI is InChI=1S/C12H14BrN/c13-10-3-1-9(2-4-10)11-5-8-14-12(11)6-7-12/h1-4,11,14H,5-8H2. The van der Waals surface area contributed by atoms with Crippen molar-refractivity contribution in [3.63, 3.8) is 0 Å². The molecule has 2 heteroatoms. The van der Waals surface area contributed by atoms with Gasteiger partial charge in [-0.3, -0.25) is 0 Å². The van der Waals surface area contributed by atoms with Gasteiger partial charge in [-0.05, 0) is 43.5 Å². The first-order chi connectivity index (χ1) is 6.80. The molecule has 14 heavy (non-hydrogen) atoms. The third-order valence-electron chi connectivity index (χ3n) is 3.64. The van der Waals surface area contributed by atoms with Crippen LogP contribution in [0.4, 0.5) is 0 Å². The highest BCUT2D eigenvalue weighted by Crippen LogP contribution is 2.51. The fourth-order valence-electron chi connectivity index (χ4n) is 2.71. The van der Waals surface area contributed by atoms with Crippen LogP contribution in [0.3, 0.4) is 0 Å². The highest BCUT2D eigenvalue weighted by molar-refractivity contribution is 9.10. The Kier molecular flexibility index (Phi) is 1.96. The molecule has 1 nitrogen and oxygen atoms in total. The molecule has 1 aliphatic heterocycles. The van der Waals surface area contributed by atoms with Crippen molar-refractivity contribution in [3.05, 3.63) is 34.3 Å². The van der Waals surface area contributed by atoms with Crippen molar-refractivity contribution in [2.75, 3.05) is 6.54 Å². The molecule has 3 rings (SSSR count). The molecule has 0 aromatic heterocycles. The Morgan fingerprint density at radius 1 is 1.21 bits per heavy atom. The largest absolute Gasteiger partial charge is 0.311 e. The van der Waals surface area contributed by atoms with Crippen LogP contribution in [0.5, 0.6) is 0 Å². The maximum atomic E-state index is 3.66. The van der Waals surface area contributed by atoms with Gasteiger partial charge in [-0.2, -0.15) is 0 Å². The molecule has 1 atom stereocenters. The molecule has 1 saturated carbocycles. The van der Waals surface area contributed by atoms with Gasteiger partial charge < -0.3 is 5.32 Å². The Balaban J connectivity index is 1.91. The number of nitrogens with one attached hydrogen (secondary N) is 1. The first kappa shape index (κ1) is 8.93. The Labute approximate surface area is 93.0 Å². The van der Waals surface area contributed by atoms with Gasteiger partial charge in [-0.15, -0.1) is 0 Å². The summed E-state index contributed by atoms with van der Waals surface area (Å²) >= 11 is 3.48. The topological polar surface area (TPSA) is 12.0 Å². The molecule has 1 aromatic carbocycles. The van der Waals surface area contributed by atoms with E-state index in [-0.39, 0.29) is 0 Å². The quantitative estimate of drug-likeness (QED) is 0.810. The third-order valence-corrected chi connectivity index (χ3v) is 4.17. The van der Waals surface area contributed by atoms with E-state index in [1.165, 1.54) is 35.8 Å². The molecular formula is C12H14BrN. The van der Waals surface area contributed by atoms with Gasteiger partial charge in [-0.25, -0.2) is 0 Å². The predicted molar refractivity (Wildman–Crippen MR) is 61.5 cm³/mol. The zero-order valence-electron chi connectivity index (χ0n) is 8.09. The minimum absolute atomic E-state index is 0.494. The van der Waals surface area contributed by atoms with Crippen molar-refractivity contribution < 1.29 is 0 Å². The Bertz CT molecular complexity index is 340. The van der Waals surface area contributed by atoms with Crippen molar-refractivity contribution in [2.24, 2.45) is 0 Å².